The number of hydrogen-bond acceptors (Lipinski definition) is 4. The number of nitrogens with zero attached hydrogens (tertiary/aromatic N) is 3. The van der Waals surface area contributed by atoms with Gasteiger partial charge < -0.3 is 14.2 Å². The van der Waals surface area contributed by atoms with Crippen LogP contribution >= 0.6 is 0 Å². The first-order valence-electron chi connectivity index (χ1n) is 9.39. The summed E-state index contributed by atoms with van der Waals surface area (Å²) in [7, 11) is 0. The van der Waals surface area contributed by atoms with Crippen LogP contribution in [0.2, 0.25) is 0 Å². The molecule has 0 aliphatic carbocycles. The standard InChI is InChI=1S/C20H27N3O3/c1-3-23-17-9-6-5-8-16(17)14-18(23)20(25)22-11-7-10-21(12-13-22)15-19(24)26-4-2/h5-6,8-9,14H,3-4,7,10-13,15H2,1-2H3. The van der Waals surface area contributed by atoms with E-state index in [4.69, 9.17) is 4.74 Å². The number of ether oxygens (including phenoxy) is 1. The average Bonchev–Trinajstić information content (AvgIpc) is 2.86. The van der Waals surface area contributed by atoms with Gasteiger partial charge >= 0.3 is 5.97 Å². The van der Waals surface area contributed by atoms with E-state index in [9.17, 15) is 9.59 Å². The van der Waals surface area contributed by atoms with Crippen LogP contribution in [0.25, 0.3) is 10.9 Å². The van der Waals surface area contributed by atoms with Gasteiger partial charge in [0, 0.05) is 43.6 Å². The fourth-order valence-electron chi connectivity index (χ4n) is 3.61. The van der Waals surface area contributed by atoms with E-state index in [2.05, 4.69) is 22.5 Å². The van der Waals surface area contributed by atoms with E-state index in [1.54, 1.807) is 0 Å². The van der Waals surface area contributed by atoms with Crippen molar-refractivity contribution in [1.82, 2.24) is 14.4 Å². The SMILES string of the molecule is CCOC(=O)CN1CCCN(C(=O)c2cc3ccccc3n2CC)CC1. The molecule has 1 aliphatic rings. The summed E-state index contributed by atoms with van der Waals surface area (Å²) in [4.78, 5) is 28.8. The summed E-state index contributed by atoms with van der Waals surface area (Å²) in [6, 6.07) is 10.1. The van der Waals surface area contributed by atoms with E-state index in [-0.39, 0.29) is 11.9 Å². The van der Waals surface area contributed by atoms with Gasteiger partial charge in [0.25, 0.3) is 5.91 Å². The zero-order chi connectivity index (χ0) is 18.5. The molecule has 0 radical (unpaired) electrons. The Morgan fingerprint density at radius 1 is 1.08 bits per heavy atom. The van der Waals surface area contributed by atoms with Crippen LogP contribution in [0, 0.1) is 0 Å². The molecule has 1 aliphatic heterocycles. The van der Waals surface area contributed by atoms with Crippen LogP contribution in [0.4, 0.5) is 0 Å². The molecule has 2 aromatic rings. The van der Waals surface area contributed by atoms with Gasteiger partial charge in [-0.1, -0.05) is 18.2 Å². The van der Waals surface area contributed by atoms with Crippen LogP contribution in [0.5, 0.6) is 0 Å². The van der Waals surface area contributed by atoms with Crippen molar-refractivity contribution in [3.05, 3.63) is 36.0 Å². The highest BCUT2D eigenvalue weighted by atomic mass is 16.5. The number of amides is 1. The van der Waals surface area contributed by atoms with Gasteiger partial charge in [0.05, 0.1) is 13.2 Å². The van der Waals surface area contributed by atoms with Gasteiger partial charge in [-0.15, -0.1) is 0 Å². The van der Waals surface area contributed by atoms with E-state index >= 15 is 0 Å². The molecule has 0 N–H and O–H groups in total. The first-order valence-corrected chi connectivity index (χ1v) is 9.39. The largest absolute Gasteiger partial charge is 0.465 e. The van der Waals surface area contributed by atoms with Gasteiger partial charge in [0.1, 0.15) is 5.69 Å². The second kappa shape index (κ2) is 8.36. The molecular weight excluding hydrogens is 330 g/mol. The zero-order valence-corrected chi connectivity index (χ0v) is 15.6. The van der Waals surface area contributed by atoms with Crippen molar-refractivity contribution in [3.8, 4) is 0 Å². The van der Waals surface area contributed by atoms with Crippen LogP contribution in [0.3, 0.4) is 0 Å². The van der Waals surface area contributed by atoms with E-state index in [1.807, 2.05) is 36.1 Å². The van der Waals surface area contributed by atoms with Crippen molar-refractivity contribution in [1.29, 1.82) is 0 Å². The van der Waals surface area contributed by atoms with Crippen LogP contribution in [-0.4, -0.2) is 65.6 Å². The van der Waals surface area contributed by atoms with E-state index in [0.717, 1.165) is 36.1 Å². The predicted octanol–water partition coefficient (Wildman–Crippen LogP) is 2.37. The molecule has 6 nitrogen and oxygen atoms in total. The van der Waals surface area contributed by atoms with Crippen molar-refractivity contribution in [2.24, 2.45) is 0 Å². The molecule has 0 saturated carbocycles. The number of fused-ring (bicyclic) bond motifs is 1. The first kappa shape index (κ1) is 18.5. The molecule has 140 valence electrons. The normalized spacial score (nSPS) is 15.8. The lowest BCUT2D eigenvalue weighted by atomic mass is 10.2. The number of aromatic nitrogens is 1. The van der Waals surface area contributed by atoms with E-state index < -0.39 is 0 Å². The molecular formula is C20H27N3O3. The predicted molar refractivity (Wildman–Crippen MR) is 101 cm³/mol. The number of rotatable bonds is 5. The summed E-state index contributed by atoms with van der Waals surface area (Å²) in [5.41, 5.74) is 1.84. The minimum atomic E-state index is -0.196. The zero-order valence-electron chi connectivity index (χ0n) is 15.6. The summed E-state index contributed by atoms with van der Waals surface area (Å²) >= 11 is 0. The lowest BCUT2D eigenvalue weighted by Crippen LogP contribution is -2.37. The molecule has 3 rings (SSSR count). The number of carbonyl (C=O) groups is 2. The fraction of sp³-hybridized carbons (Fsp3) is 0.500. The average molecular weight is 357 g/mol. The minimum absolute atomic E-state index is 0.0704. The molecule has 1 saturated heterocycles. The molecule has 0 atom stereocenters. The topological polar surface area (TPSA) is 54.8 Å². The van der Waals surface area contributed by atoms with Crippen molar-refractivity contribution in [3.63, 3.8) is 0 Å². The summed E-state index contributed by atoms with van der Waals surface area (Å²) < 4.78 is 7.11. The van der Waals surface area contributed by atoms with Crippen molar-refractivity contribution in [2.45, 2.75) is 26.8 Å². The first-order chi connectivity index (χ1) is 12.6. The second-order valence-electron chi connectivity index (χ2n) is 6.56. The third kappa shape index (κ3) is 3.90. The molecule has 0 unspecified atom stereocenters. The highest BCUT2D eigenvalue weighted by Gasteiger charge is 2.24. The smallest absolute Gasteiger partial charge is 0.320 e. The van der Waals surface area contributed by atoms with Gasteiger partial charge in [-0.05, 0) is 32.4 Å². The fourth-order valence-corrected chi connectivity index (χ4v) is 3.61. The molecule has 2 heterocycles. The third-order valence-electron chi connectivity index (χ3n) is 4.88. The van der Waals surface area contributed by atoms with Gasteiger partial charge in [-0.25, -0.2) is 0 Å². The molecule has 6 heteroatoms. The number of aryl methyl sites for hydroxylation is 1. The van der Waals surface area contributed by atoms with Crippen LogP contribution in [-0.2, 0) is 16.1 Å². The summed E-state index contributed by atoms with van der Waals surface area (Å²) in [5.74, 6) is -0.126. The molecule has 0 spiro atoms. The van der Waals surface area contributed by atoms with Gasteiger partial charge in [-0.3, -0.25) is 14.5 Å². The highest BCUT2D eigenvalue weighted by molar-refractivity contribution is 5.98. The maximum absolute atomic E-state index is 13.1. The van der Waals surface area contributed by atoms with E-state index in [0.29, 0.717) is 32.8 Å². The molecule has 1 fully saturated rings. The third-order valence-corrected chi connectivity index (χ3v) is 4.88. The Morgan fingerprint density at radius 2 is 1.88 bits per heavy atom. The molecule has 1 amide bonds. The second-order valence-corrected chi connectivity index (χ2v) is 6.56. The number of benzene rings is 1. The van der Waals surface area contributed by atoms with E-state index in [1.165, 1.54) is 0 Å². The van der Waals surface area contributed by atoms with Crippen LogP contribution < -0.4 is 0 Å². The van der Waals surface area contributed by atoms with Crippen LogP contribution in [0.15, 0.2) is 30.3 Å². The van der Waals surface area contributed by atoms with Crippen molar-refractivity contribution < 1.29 is 14.3 Å². The molecule has 1 aromatic heterocycles. The molecule has 1 aromatic carbocycles. The maximum Gasteiger partial charge on any atom is 0.320 e. The van der Waals surface area contributed by atoms with Gasteiger partial charge in [-0.2, -0.15) is 0 Å². The monoisotopic (exact) mass is 357 g/mol. The Balaban J connectivity index is 1.72. The summed E-state index contributed by atoms with van der Waals surface area (Å²) in [6.07, 6.45) is 0.859. The lowest BCUT2D eigenvalue weighted by molar-refractivity contribution is -0.144. The van der Waals surface area contributed by atoms with Crippen LogP contribution in [0.1, 0.15) is 30.8 Å². The Hall–Kier alpha value is -2.34. The number of hydrogen-bond donors (Lipinski definition) is 0. The number of carbonyl (C=O) groups excluding carboxylic acids is 2. The Morgan fingerprint density at radius 3 is 2.65 bits per heavy atom. The minimum Gasteiger partial charge on any atom is -0.465 e. The lowest BCUT2D eigenvalue weighted by Gasteiger charge is -2.22. The van der Waals surface area contributed by atoms with Gasteiger partial charge in [0.2, 0.25) is 0 Å². The quantitative estimate of drug-likeness (QED) is 0.771. The Bertz CT molecular complexity index is 784. The molecule has 0 bridgehead atoms. The Labute approximate surface area is 154 Å². The van der Waals surface area contributed by atoms with Crippen molar-refractivity contribution >= 4 is 22.8 Å². The van der Waals surface area contributed by atoms with Crippen molar-refractivity contribution in [2.75, 3.05) is 39.3 Å². The maximum atomic E-state index is 13.1. The highest BCUT2D eigenvalue weighted by Crippen LogP contribution is 2.21. The number of para-hydroxylation sites is 1. The summed E-state index contributed by atoms with van der Waals surface area (Å²) in [6.45, 7) is 8.17. The Kier molecular flexibility index (Phi) is 5.93. The molecule has 26 heavy (non-hydrogen) atoms. The van der Waals surface area contributed by atoms with Gasteiger partial charge in [0.15, 0.2) is 0 Å². The summed E-state index contributed by atoms with van der Waals surface area (Å²) in [5, 5.41) is 1.09. The number of esters is 1.